The molecule has 0 aromatic heterocycles. The number of ether oxygens (including phenoxy) is 6. The first-order valence-corrected chi connectivity index (χ1v) is 17.1. The first kappa shape index (κ1) is 35.7. The molecule has 0 aliphatic heterocycles. The molecule has 1 aliphatic rings. The van der Waals surface area contributed by atoms with Crippen molar-refractivity contribution in [1.82, 2.24) is 0 Å². The first-order valence-electron chi connectivity index (χ1n) is 15.7. The van der Waals surface area contributed by atoms with Gasteiger partial charge in [-0.2, -0.15) is 8.42 Å². The molecule has 0 fully saturated rings. The summed E-state index contributed by atoms with van der Waals surface area (Å²) in [7, 11) is -4.54. The SMILES string of the molecule is C=CC(=O)OC(COc1ccccc1)COc1c2c(c(OCC(COc3ccccc3)OC(=O)C=C)c3ccccc13)CC(S(=O)(=O)O)=CC2. The second kappa shape index (κ2) is 16.7. The molecule has 4 aromatic rings. The van der Waals surface area contributed by atoms with Crippen molar-refractivity contribution in [2.45, 2.75) is 25.0 Å². The Hall–Kier alpha value is -5.59. The normalized spacial score (nSPS) is 13.5. The van der Waals surface area contributed by atoms with Gasteiger partial charge in [-0.25, -0.2) is 9.59 Å². The minimum absolute atomic E-state index is 0.0203. The van der Waals surface area contributed by atoms with Gasteiger partial charge < -0.3 is 28.4 Å². The van der Waals surface area contributed by atoms with Crippen molar-refractivity contribution in [2.24, 2.45) is 0 Å². The van der Waals surface area contributed by atoms with Crippen LogP contribution in [0.5, 0.6) is 23.0 Å². The predicted molar refractivity (Wildman–Crippen MR) is 186 cm³/mol. The molecule has 4 aromatic carbocycles. The summed E-state index contributed by atoms with van der Waals surface area (Å²) in [4.78, 5) is 24.2. The Morgan fingerprint density at radius 1 is 0.660 bits per heavy atom. The summed E-state index contributed by atoms with van der Waals surface area (Å²) in [6, 6.07) is 25.2. The second-order valence-corrected chi connectivity index (χ2v) is 12.6. The van der Waals surface area contributed by atoms with Crippen LogP contribution in [0, 0.1) is 0 Å². The summed E-state index contributed by atoms with van der Waals surface area (Å²) in [6.07, 6.45) is 1.65. The predicted octanol–water partition coefficient (Wildman–Crippen LogP) is 5.82. The molecular formula is C38H36O11S. The summed E-state index contributed by atoms with van der Waals surface area (Å²) >= 11 is 0. The van der Waals surface area contributed by atoms with Crippen LogP contribution in [-0.4, -0.2) is 63.5 Å². The third-order valence-corrected chi connectivity index (χ3v) is 8.60. The number of allylic oxidation sites excluding steroid dienone is 2. The number of carbonyl (C=O) groups excluding carboxylic acids is 2. The number of para-hydroxylation sites is 2. The molecule has 1 aliphatic carbocycles. The molecule has 50 heavy (non-hydrogen) atoms. The van der Waals surface area contributed by atoms with E-state index in [9.17, 15) is 22.6 Å². The van der Waals surface area contributed by atoms with Crippen molar-refractivity contribution in [3.8, 4) is 23.0 Å². The fourth-order valence-corrected chi connectivity index (χ4v) is 5.91. The van der Waals surface area contributed by atoms with Crippen LogP contribution in [0.2, 0.25) is 0 Å². The average Bonchev–Trinajstić information content (AvgIpc) is 3.13. The molecule has 0 spiro atoms. The standard InChI is InChI=1S/C38H36O11S/c1-3-35(39)48-28(22-44-26-13-7-5-8-14-26)24-46-37-31-17-11-12-18-32(31)38(34-21-30(50(41,42)43)19-20-33(34)37)47-25-29(49-36(40)4-2)23-45-27-15-9-6-10-16-27/h3-19,28-29H,1-2,20-25H2,(H,41,42,43). The average molecular weight is 701 g/mol. The van der Waals surface area contributed by atoms with Crippen molar-refractivity contribution in [2.75, 3.05) is 26.4 Å². The lowest BCUT2D eigenvalue weighted by Gasteiger charge is -2.27. The Labute approximate surface area is 290 Å². The third-order valence-electron chi connectivity index (χ3n) is 7.63. The highest BCUT2D eigenvalue weighted by molar-refractivity contribution is 7.89. The van der Waals surface area contributed by atoms with Crippen molar-refractivity contribution in [3.05, 3.63) is 132 Å². The van der Waals surface area contributed by atoms with Gasteiger partial charge in [-0.05, 0) is 30.7 Å². The van der Waals surface area contributed by atoms with E-state index in [0.717, 1.165) is 12.2 Å². The van der Waals surface area contributed by atoms with Crippen LogP contribution in [0.3, 0.4) is 0 Å². The zero-order valence-corrected chi connectivity index (χ0v) is 27.9. The topological polar surface area (TPSA) is 144 Å². The smallest absolute Gasteiger partial charge is 0.330 e. The molecule has 0 saturated carbocycles. The van der Waals surface area contributed by atoms with Crippen LogP contribution in [0.15, 0.2) is 121 Å². The van der Waals surface area contributed by atoms with Gasteiger partial charge in [-0.1, -0.05) is 79.9 Å². The third kappa shape index (κ3) is 9.30. The molecule has 12 heteroatoms. The van der Waals surface area contributed by atoms with Gasteiger partial charge in [0.15, 0.2) is 12.2 Å². The van der Waals surface area contributed by atoms with E-state index in [1.54, 1.807) is 48.5 Å². The maximum absolute atomic E-state index is 12.3. The van der Waals surface area contributed by atoms with E-state index in [2.05, 4.69) is 13.2 Å². The second-order valence-electron chi connectivity index (χ2n) is 11.1. The lowest BCUT2D eigenvalue weighted by atomic mass is 9.90. The fourth-order valence-electron chi connectivity index (χ4n) is 5.29. The van der Waals surface area contributed by atoms with Crippen LogP contribution < -0.4 is 18.9 Å². The van der Waals surface area contributed by atoms with Gasteiger partial charge in [0.05, 0.1) is 4.91 Å². The van der Waals surface area contributed by atoms with Crippen LogP contribution in [-0.2, 0) is 42.0 Å². The monoisotopic (exact) mass is 700 g/mol. The number of esters is 2. The molecule has 0 saturated heterocycles. The molecule has 260 valence electrons. The van der Waals surface area contributed by atoms with Crippen LogP contribution in [0.25, 0.3) is 10.8 Å². The number of carbonyl (C=O) groups is 2. The fraction of sp³-hybridized carbons (Fsp3) is 0.211. The van der Waals surface area contributed by atoms with Gasteiger partial charge in [-0.3, -0.25) is 4.55 Å². The summed E-state index contributed by atoms with van der Waals surface area (Å²) in [5.74, 6) is 0.532. The zero-order valence-electron chi connectivity index (χ0n) is 27.1. The van der Waals surface area contributed by atoms with Gasteiger partial charge in [0.1, 0.15) is 49.4 Å². The Kier molecular flexibility index (Phi) is 11.9. The minimum Gasteiger partial charge on any atom is -0.490 e. The molecule has 5 rings (SSSR count). The van der Waals surface area contributed by atoms with E-state index >= 15 is 0 Å². The molecule has 0 bridgehead atoms. The van der Waals surface area contributed by atoms with Gasteiger partial charge in [0, 0.05) is 40.5 Å². The van der Waals surface area contributed by atoms with Crippen molar-refractivity contribution < 1.29 is 51.0 Å². The van der Waals surface area contributed by atoms with Crippen LogP contribution in [0.1, 0.15) is 11.1 Å². The summed E-state index contributed by atoms with van der Waals surface area (Å²) < 4.78 is 70.0. The van der Waals surface area contributed by atoms with Crippen molar-refractivity contribution in [1.29, 1.82) is 0 Å². The summed E-state index contributed by atoms with van der Waals surface area (Å²) in [5.41, 5.74) is 1.05. The zero-order chi connectivity index (χ0) is 35.5. The minimum atomic E-state index is -4.54. The first-order chi connectivity index (χ1) is 24.2. The maximum atomic E-state index is 12.3. The van der Waals surface area contributed by atoms with Crippen LogP contribution in [0.4, 0.5) is 0 Å². The van der Waals surface area contributed by atoms with E-state index in [4.69, 9.17) is 28.4 Å². The maximum Gasteiger partial charge on any atom is 0.330 e. The Morgan fingerprint density at radius 2 is 1.08 bits per heavy atom. The van der Waals surface area contributed by atoms with E-state index in [1.165, 1.54) is 6.08 Å². The van der Waals surface area contributed by atoms with Gasteiger partial charge in [0.25, 0.3) is 10.1 Å². The number of hydrogen-bond acceptors (Lipinski definition) is 10. The molecular weight excluding hydrogens is 664 g/mol. The lowest BCUT2D eigenvalue weighted by molar-refractivity contribution is -0.147. The summed E-state index contributed by atoms with van der Waals surface area (Å²) in [5, 5.41) is 1.19. The molecule has 11 nitrogen and oxygen atoms in total. The van der Waals surface area contributed by atoms with Crippen molar-refractivity contribution >= 4 is 32.8 Å². The van der Waals surface area contributed by atoms with Crippen molar-refractivity contribution in [3.63, 3.8) is 0 Å². The highest BCUT2D eigenvalue weighted by atomic mass is 32.2. The number of hydrogen-bond donors (Lipinski definition) is 1. The van der Waals surface area contributed by atoms with E-state index in [0.29, 0.717) is 44.9 Å². The van der Waals surface area contributed by atoms with E-state index < -0.39 is 34.3 Å². The molecule has 2 unspecified atom stereocenters. The molecule has 0 amide bonds. The molecule has 0 radical (unpaired) electrons. The Bertz CT molecular complexity index is 1970. The molecule has 2 atom stereocenters. The number of fused-ring (bicyclic) bond motifs is 2. The highest BCUT2D eigenvalue weighted by Gasteiger charge is 2.30. The number of rotatable bonds is 17. The Balaban J connectivity index is 1.48. The molecule has 1 N–H and O–H groups in total. The lowest BCUT2D eigenvalue weighted by Crippen LogP contribution is -2.31. The Morgan fingerprint density at radius 3 is 1.52 bits per heavy atom. The molecule has 0 heterocycles. The summed E-state index contributed by atoms with van der Waals surface area (Å²) in [6.45, 7) is 6.60. The van der Waals surface area contributed by atoms with Gasteiger partial charge in [-0.15, -0.1) is 0 Å². The number of benzene rings is 4. The van der Waals surface area contributed by atoms with E-state index in [-0.39, 0.29) is 44.2 Å². The van der Waals surface area contributed by atoms with Gasteiger partial charge in [0.2, 0.25) is 0 Å². The van der Waals surface area contributed by atoms with Crippen LogP contribution >= 0.6 is 0 Å². The van der Waals surface area contributed by atoms with E-state index in [1.807, 2.05) is 36.4 Å². The largest absolute Gasteiger partial charge is 0.490 e. The van der Waals surface area contributed by atoms with Gasteiger partial charge >= 0.3 is 11.9 Å². The highest BCUT2D eigenvalue weighted by Crippen LogP contribution is 2.44. The quantitative estimate of drug-likeness (QED) is 0.0808.